The Labute approximate surface area is 167 Å². The molecule has 0 unspecified atom stereocenters. The summed E-state index contributed by atoms with van der Waals surface area (Å²) in [6.45, 7) is 4.25. The van der Waals surface area contributed by atoms with Crippen molar-refractivity contribution in [3.8, 4) is 10.6 Å². The van der Waals surface area contributed by atoms with Crippen molar-refractivity contribution in [2.45, 2.75) is 51.5 Å². The van der Waals surface area contributed by atoms with Gasteiger partial charge in [-0.2, -0.15) is 0 Å². The van der Waals surface area contributed by atoms with Crippen LogP contribution >= 0.6 is 22.7 Å². The van der Waals surface area contributed by atoms with Gasteiger partial charge in [0.05, 0.1) is 33.7 Å². The van der Waals surface area contributed by atoms with Gasteiger partial charge in [-0.1, -0.05) is 44.2 Å². The first kappa shape index (κ1) is 18.3. The molecule has 1 amide bonds. The Morgan fingerprint density at radius 3 is 2.81 bits per heavy atom. The molecule has 0 aliphatic heterocycles. The fourth-order valence-electron chi connectivity index (χ4n) is 3.34. The molecule has 140 valence electrons. The van der Waals surface area contributed by atoms with E-state index in [1.54, 1.807) is 22.7 Å². The highest BCUT2D eigenvalue weighted by Crippen LogP contribution is 2.37. The second kappa shape index (κ2) is 7.90. The molecule has 4 nitrogen and oxygen atoms in total. The van der Waals surface area contributed by atoms with Crippen LogP contribution in [0.25, 0.3) is 10.6 Å². The minimum Gasteiger partial charge on any atom is -0.348 e. The molecule has 0 bridgehead atoms. The Hall–Kier alpha value is -2.05. The number of carbonyl (C=O) groups excluding carboxylic acids is 1. The maximum Gasteiger partial charge on any atom is 0.226 e. The number of aromatic nitrogens is 2. The van der Waals surface area contributed by atoms with E-state index in [-0.39, 0.29) is 11.9 Å². The fraction of sp³-hybridized carbons (Fsp3) is 0.381. The van der Waals surface area contributed by atoms with Gasteiger partial charge in [0.25, 0.3) is 0 Å². The van der Waals surface area contributed by atoms with Gasteiger partial charge in [-0.3, -0.25) is 4.79 Å². The molecule has 0 radical (unpaired) electrons. The van der Waals surface area contributed by atoms with E-state index in [1.807, 2.05) is 23.6 Å². The third-order valence-electron chi connectivity index (χ3n) is 4.71. The van der Waals surface area contributed by atoms with Crippen molar-refractivity contribution in [3.63, 3.8) is 0 Å². The molecule has 4 rings (SSSR count). The number of hydrogen-bond donors (Lipinski definition) is 1. The molecule has 1 aliphatic carbocycles. The Balaban J connectivity index is 1.47. The number of nitrogens with zero attached hydrogens (tertiary/aromatic N) is 2. The van der Waals surface area contributed by atoms with E-state index >= 15 is 0 Å². The third kappa shape index (κ3) is 4.12. The normalized spacial score (nSPS) is 16.3. The van der Waals surface area contributed by atoms with E-state index < -0.39 is 0 Å². The Morgan fingerprint density at radius 1 is 1.26 bits per heavy atom. The lowest BCUT2D eigenvalue weighted by Gasteiger charge is -2.22. The van der Waals surface area contributed by atoms with Crippen LogP contribution in [0, 0.1) is 0 Å². The van der Waals surface area contributed by atoms with Crippen molar-refractivity contribution in [3.05, 3.63) is 57.0 Å². The van der Waals surface area contributed by atoms with Crippen LogP contribution in [-0.4, -0.2) is 15.9 Å². The minimum atomic E-state index is 0.0446. The van der Waals surface area contributed by atoms with Gasteiger partial charge in [-0.05, 0) is 19.3 Å². The first-order valence-corrected chi connectivity index (χ1v) is 11.1. The van der Waals surface area contributed by atoms with Crippen LogP contribution in [0.3, 0.4) is 0 Å². The van der Waals surface area contributed by atoms with Crippen LogP contribution in [-0.2, 0) is 17.6 Å². The van der Waals surface area contributed by atoms with Crippen LogP contribution < -0.4 is 5.32 Å². The average Bonchev–Trinajstić information content (AvgIpc) is 3.30. The number of aryl methyl sites for hydroxylation is 1. The smallest absolute Gasteiger partial charge is 0.226 e. The van der Waals surface area contributed by atoms with Crippen molar-refractivity contribution in [1.29, 1.82) is 0 Å². The van der Waals surface area contributed by atoms with E-state index in [9.17, 15) is 4.79 Å². The minimum absolute atomic E-state index is 0.0446. The summed E-state index contributed by atoms with van der Waals surface area (Å²) in [5, 5.41) is 7.36. The summed E-state index contributed by atoms with van der Waals surface area (Å²) in [5.74, 6) is 0.449. The topological polar surface area (TPSA) is 54.9 Å². The summed E-state index contributed by atoms with van der Waals surface area (Å²) in [7, 11) is 0. The maximum atomic E-state index is 12.6. The van der Waals surface area contributed by atoms with Gasteiger partial charge >= 0.3 is 0 Å². The predicted octanol–water partition coefficient (Wildman–Crippen LogP) is 5.13. The number of thiazole rings is 2. The van der Waals surface area contributed by atoms with Crippen LogP contribution in [0.15, 0.2) is 35.7 Å². The first-order valence-electron chi connectivity index (χ1n) is 9.39. The largest absolute Gasteiger partial charge is 0.348 e. The Bertz CT molecular complexity index is 930. The number of amides is 1. The maximum absolute atomic E-state index is 12.6. The SMILES string of the molecule is CC(C)c1nc(CC(=O)N[C@H]2CCCc3nc(-c4ccccc4)sc32)cs1. The molecule has 2 heterocycles. The lowest BCUT2D eigenvalue weighted by atomic mass is 9.98. The molecule has 2 aromatic heterocycles. The number of hydrogen-bond acceptors (Lipinski definition) is 5. The van der Waals surface area contributed by atoms with E-state index in [0.29, 0.717) is 12.3 Å². The van der Waals surface area contributed by atoms with Gasteiger partial charge < -0.3 is 5.32 Å². The zero-order valence-corrected chi connectivity index (χ0v) is 17.2. The third-order valence-corrected chi connectivity index (χ3v) is 7.17. The van der Waals surface area contributed by atoms with Crippen molar-refractivity contribution < 1.29 is 4.79 Å². The summed E-state index contributed by atoms with van der Waals surface area (Å²) in [6, 6.07) is 10.3. The number of fused-ring (bicyclic) bond motifs is 1. The van der Waals surface area contributed by atoms with E-state index in [1.165, 1.54) is 4.88 Å². The molecule has 6 heteroatoms. The summed E-state index contributed by atoms with van der Waals surface area (Å²) in [5.41, 5.74) is 3.16. The standard InChI is InChI=1S/C21H23N3OS2/c1-13(2)20-22-15(12-26-20)11-18(25)23-16-9-6-10-17-19(16)27-21(24-17)14-7-4-3-5-8-14/h3-5,7-8,12-13,16H,6,9-11H2,1-2H3,(H,23,25)/t16-/m0/s1. The highest BCUT2D eigenvalue weighted by molar-refractivity contribution is 7.15. The molecule has 0 fully saturated rings. The molecule has 0 saturated heterocycles. The number of rotatable bonds is 5. The average molecular weight is 398 g/mol. The van der Waals surface area contributed by atoms with Crippen molar-refractivity contribution >= 4 is 28.6 Å². The molecule has 0 saturated carbocycles. The van der Waals surface area contributed by atoms with Crippen LogP contribution in [0.2, 0.25) is 0 Å². The van der Waals surface area contributed by atoms with Crippen molar-refractivity contribution in [1.82, 2.24) is 15.3 Å². The summed E-state index contributed by atoms with van der Waals surface area (Å²) >= 11 is 3.35. The van der Waals surface area contributed by atoms with Gasteiger partial charge in [0.1, 0.15) is 5.01 Å². The highest BCUT2D eigenvalue weighted by Gasteiger charge is 2.26. The van der Waals surface area contributed by atoms with E-state index in [4.69, 9.17) is 4.98 Å². The van der Waals surface area contributed by atoms with Crippen LogP contribution in [0.5, 0.6) is 0 Å². The molecular formula is C21H23N3OS2. The monoisotopic (exact) mass is 397 g/mol. The predicted molar refractivity (Wildman–Crippen MR) is 111 cm³/mol. The van der Waals surface area contributed by atoms with E-state index in [0.717, 1.165) is 46.2 Å². The number of nitrogens with one attached hydrogen (secondary N) is 1. The molecule has 0 spiro atoms. The zero-order valence-electron chi connectivity index (χ0n) is 15.6. The second-order valence-electron chi connectivity index (χ2n) is 7.22. The van der Waals surface area contributed by atoms with E-state index in [2.05, 4.69) is 36.3 Å². The highest BCUT2D eigenvalue weighted by atomic mass is 32.1. The number of benzene rings is 1. The summed E-state index contributed by atoms with van der Waals surface area (Å²) < 4.78 is 0. The second-order valence-corrected chi connectivity index (χ2v) is 9.14. The molecular weight excluding hydrogens is 374 g/mol. The Kier molecular flexibility index (Phi) is 5.36. The molecule has 1 aromatic carbocycles. The van der Waals surface area contributed by atoms with Gasteiger partial charge in [0.15, 0.2) is 0 Å². The zero-order chi connectivity index (χ0) is 18.8. The molecule has 1 aliphatic rings. The van der Waals surface area contributed by atoms with Gasteiger partial charge in [-0.25, -0.2) is 9.97 Å². The van der Waals surface area contributed by atoms with Crippen molar-refractivity contribution in [2.24, 2.45) is 0 Å². The molecule has 1 atom stereocenters. The summed E-state index contributed by atoms with van der Waals surface area (Å²) in [4.78, 5) is 23.2. The molecule has 1 N–H and O–H groups in total. The first-order chi connectivity index (χ1) is 13.1. The van der Waals surface area contributed by atoms with Gasteiger partial charge in [0.2, 0.25) is 5.91 Å². The Morgan fingerprint density at radius 2 is 2.07 bits per heavy atom. The van der Waals surface area contributed by atoms with Crippen molar-refractivity contribution in [2.75, 3.05) is 0 Å². The van der Waals surface area contributed by atoms with Crippen LogP contribution in [0.4, 0.5) is 0 Å². The van der Waals surface area contributed by atoms with Gasteiger partial charge in [-0.15, -0.1) is 22.7 Å². The summed E-state index contributed by atoms with van der Waals surface area (Å²) in [6.07, 6.45) is 3.38. The quantitative estimate of drug-likeness (QED) is 0.649. The lowest BCUT2D eigenvalue weighted by Crippen LogP contribution is -2.31. The van der Waals surface area contributed by atoms with Gasteiger partial charge in [0, 0.05) is 16.9 Å². The number of carbonyl (C=O) groups is 1. The molecule has 27 heavy (non-hydrogen) atoms. The fourth-order valence-corrected chi connectivity index (χ4v) is 5.38. The lowest BCUT2D eigenvalue weighted by molar-refractivity contribution is -0.121. The molecule has 3 aromatic rings. The van der Waals surface area contributed by atoms with Crippen LogP contribution in [0.1, 0.15) is 59.9 Å².